The Morgan fingerprint density at radius 2 is 1.32 bits per heavy atom. The molecule has 4 heterocycles. The van der Waals surface area contributed by atoms with E-state index in [-0.39, 0.29) is 47.4 Å². The Hall–Kier alpha value is -7.76. The van der Waals surface area contributed by atoms with Crippen LogP contribution in [-0.2, 0) is 42.0 Å². The van der Waals surface area contributed by atoms with E-state index in [2.05, 4.69) is 87.2 Å². The van der Waals surface area contributed by atoms with Crippen LogP contribution in [0.3, 0.4) is 0 Å². The van der Waals surface area contributed by atoms with Crippen molar-refractivity contribution < 1.29 is 34.0 Å². The third-order valence-electron chi connectivity index (χ3n) is 16.2. The molecular weight excluding hydrogens is 1080 g/mol. The number of unbranched alkanes of at least 4 members (excludes halogenated alkanes) is 6. The fourth-order valence-electron chi connectivity index (χ4n) is 11.6. The number of allylic oxidation sites excluding steroid dienone is 4. The summed E-state index contributed by atoms with van der Waals surface area (Å²) in [4.78, 5) is 20.1. The Morgan fingerprint density at radius 3 is 1.89 bits per heavy atom. The van der Waals surface area contributed by atoms with E-state index in [1.54, 1.807) is 46.9 Å². The van der Waals surface area contributed by atoms with Crippen molar-refractivity contribution >= 4 is 52.6 Å². The van der Waals surface area contributed by atoms with Crippen LogP contribution < -0.4 is 4.90 Å². The number of phenols is 2. The number of aromatic hydroxyl groups is 2. The average molecular weight is 1170 g/mol. The summed E-state index contributed by atoms with van der Waals surface area (Å²) in [5.74, 6) is 0.649. The fraction of sp³-hybridized carbons (Fsp3) is 0.408. The van der Waals surface area contributed by atoms with Crippen molar-refractivity contribution in [1.82, 2.24) is 0 Å². The van der Waals surface area contributed by atoms with Gasteiger partial charge in [0.05, 0.1) is 6.54 Å². The van der Waals surface area contributed by atoms with Gasteiger partial charge in [0.2, 0.25) is 5.79 Å². The maximum Gasteiger partial charge on any atom is 0.305 e. The molecule has 2 N–H and O–H groups in total. The summed E-state index contributed by atoms with van der Waals surface area (Å²) in [7, 11) is 0. The van der Waals surface area contributed by atoms with Gasteiger partial charge in [-0.05, 0) is 159 Å². The van der Waals surface area contributed by atoms with Crippen LogP contribution in [-0.4, -0.2) is 47.3 Å². The SMILES string of the molecule is CCCCCCc1cc(/C=C2C=C(/C=C/c3ccc(N(CC)CCOC(=O)CCC(C)(c4ccc(O)cc4)c4ccc(O)cc4)cc3)OC(C)(C)O/2)sc1-c1sc(/C=C/C2=C(C#N)C(=C(C#N)C#N)OC23CCCCC3)cc1CCCCCC. The molecule has 8 rings (SSSR count). The number of rotatable bonds is 26. The largest absolute Gasteiger partial charge is 0.508 e. The molecule has 84 heavy (non-hydrogen) atoms. The van der Waals surface area contributed by atoms with Crippen LogP contribution in [0.2, 0.25) is 0 Å². The summed E-state index contributed by atoms with van der Waals surface area (Å²) < 4.78 is 25.1. The Bertz CT molecular complexity index is 3340. The van der Waals surface area contributed by atoms with E-state index in [9.17, 15) is 30.8 Å². The number of benzene rings is 3. The summed E-state index contributed by atoms with van der Waals surface area (Å²) in [6, 6.07) is 33.3. The Kier molecular flexibility index (Phi) is 21.6. The van der Waals surface area contributed by atoms with Gasteiger partial charge < -0.3 is 34.1 Å². The van der Waals surface area contributed by atoms with E-state index < -0.39 is 16.8 Å². The number of nitrogens with zero attached hydrogens (tertiary/aromatic N) is 4. The lowest BCUT2D eigenvalue weighted by molar-refractivity contribution is -0.167. The van der Waals surface area contributed by atoms with Crippen LogP contribution in [0.15, 0.2) is 137 Å². The predicted octanol–water partition coefficient (Wildman–Crippen LogP) is 17.9. The molecule has 0 unspecified atom stereocenters. The smallest absolute Gasteiger partial charge is 0.305 e. The number of carbonyl (C=O) groups excluding carboxylic acids is 1. The lowest BCUT2D eigenvalue weighted by Crippen LogP contribution is -2.33. The summed E-state index contributed by atoms with van der Waals surface area (Å²) in [6.45, 7) is 14.0. The van der Waals surface area contributed by atoms with Gasteiger partial charge in [0, 0.05) is 69.1 Å². The van der Waals surface area contributed by atoms with Gasteiger partial charge in [-0.2, -0.15) is 15.8 Å². The number of thiophene rings is 2. The van der Waals surface area contributed by atoms with Gasteiger partial charge in [0.1, 0.15) is 59.0 Å². The molecule has 2 aromatic heterocycles. The van der Waals surface area contributed by atoms with E-state index in [0.717, 1.165) is 121 Å². The molecule has 0 amide bonds. The highest BCUT2D eigenvalue weighted by atomic mass is 32.1. The number of carbonyl (C=O) groups is 1. The van der Waals surface area contributed by atoms with Crippen molar-refractivity contribution in [2.75, 3.05) is 24.6 Å². The van der Waals surface area contributed by atoms with Crippen LogP contribution in [0.1, 0.15) is 175 Å². The highest BCUT2D eigenvalue weighted by Crippen LogP contribution is 2.50. The van der Waals surface area contributed by atoms with E-state index in [4.69, 9.17) is 18.9 Å². The highest BCUT2D eigenvalue weighted by Gasteiger charge is 2.46. The Labute approximate surface area is 505 Å². The molecule has 3 aromatic carbocycles. The molecule has 13 heteroatoms. The molecule has 438 valence electrons. The second-order valence-corrected chi connectivity index (χ2v) is 25.0. The summed E-state index contributed by atoms with van der Waals surface area (Å²) >= 11 is 3.59. The first-order valence-electron chi connectivity index (χ1n) is 30.0. The van der Waals surface area contributed by atoms with E-state index in [1.165, 1.54) is 40.1 Å². The van der Waals surface area contributed by atoms with Crippen LogP contribution in [0, 0.1) is 34.0 Å². The van der Waals surface area contributed by atoms with Gasteiger partial charge in [0.25, 0.3) is 0 Å². The maximum atomic E-state index is 13.2. The number of ether oxygens (including phenoxy) is 4. The zero-order valence-corrected chi connectivity index (χ0v) is 51.4. The van der Waals surface area contributed by atoms with Gasteiger partial charge in [-0.3, -0.25) is 4.79 Å². The summed E-state index contributed by atoms with van der Waals surface area (Å²) in [5.41, 5.74) is 6.20. The second-order valence-electron chi connectivity index (χ2n) is 22.8. The van der Waals surface area contributed by atoms with Gasteiger partial charge in [-0.1, -0.05) is 114 Å². The van der Waals surface area contributed by atoms with Crippen LogP contribution in [0.4, 0.5) is 5.69 Å². The Balaban J connectivity index is 0.982. The minimum atomic E-state index is -0.916. The first-order valence-corrected chi connectivity index (χ1v) is 31.7. The normalized spacial score (nSPS) is 16.0. The number of likely N-dealkylation sites (N-methyl/N-ethyl adjacent to an activating group) is 1. The zero-order valence-electron chi connectivity index (χ0n) is 49.7. The van der Waals surface area contributed by atoms with Crippen LogP contribution in [0.25, 0.3) is 28.0 Å². The lowest BCUT2D eigenvalue weighted by atomic mass is 9.73. The third kappa shape index (κ3) is 15.7. The van der Waals surface area contributed by atoms with Gasteiger partial charge in [-0.15, -0.1) is 22.7 Å². The highest BCUT2D eigenvalue weighted by molar-refractivity contribution is 7.23. The molecule has 0 saturated heterocycles. The molecule has 1 spiro atoms. The number of aryl methyl sites for hydroxylation is 2. The number of esters is 1. The van der Waals surface area contributed by atoms with Crippen molar-refractivity contribution in [2.45, 2.75) is 167 Å². The summed E-state index contributed by atoms with van der Waals surface area (Å²) in [5, 5.41) is 50.1. The molecule has 1 aliphatic carbocycles. The molecule has 1 saturated carbocycles. The van der Waals surface area contributed by atoms with Gasteiger partial charge >= 0.3 is 5.97 Å². The van der Waals surface area contributed by atoms with Crippen LogP contribution in [0.5, 0.6) is 11.5 Å². The minimum Gasteiger partial charge on any atom is -0.508 e. The number of phenolic OH excluding ortho intramolecular Hbond substituents is 2. The zero-order chi connectivity index (χ0) is 59.7. The third-order valence-corrected chi connectivity index (χ3v) is 18.7. The first kappa shape index (κ1) is 62.3. The quantitative estimate of drug-likeness (QED) is 0.0307. The molecule has 2 aliphatic heterocycles. The molecule has 3 aliphatic rings. The van der Waals surface area contributed by atoms with Gasteiger partial charge in [-0.25, -0.2) is 0 Å². The Morgan fingerprint density at radius 1 is 0.726 bits per heavy atom. The van der Waals surface area contributed by atoms with Crippen molar-refractivity contribution in [3.63, 3.8) is 0 Å². The fourth-order valence-corrected chi connectivity index (χ4v) is 14.1. The molecule has 11 nitrogen and oxygen atoms in total. The van der Waals surface area contributed by atoms with Crippen molar-refractivity contribution in [1.29, 1.82) is 15.8 Å². The van der Waals surface area contributed by atoms with E-state index in [1.807, 2.05) is 74.6 Å². The molecule has 1 fully saturated rings. The monoisotopic (exact) mass is 1160 g/mol. The number of anilines is 1. The standard InChI is InChI=1S/C71H80N4O7S2/c1-7-10-12-15-19-51-43-61(35-36-64-63(49-74)66(53(47-72)48-73)82-71(64)38-17-14-18-39-71)83-67(51)68-52(20-16-13-11-8-2)44-62(84-68)46-60-45-59(80-69(4,5)81-60)34-23-50-21-28-56(29-22-50)75(9-3)41-42-79-65(78)37-40-70(6,54-24-30-57(76)31-25-54)55-26-32-58(77)33-27-55/h21-36,43-46,76-77H,7-20,37-42H2,1-6H3/b34-23+,36-35+,60-46-. The molecule has 0 bridgehead atoms. The average Bonchev–Trinajstić information content (AvgIpc) is 2.82. The predicted molar refractivity (Wildman–Crippen MR) is 339 cm³/mol. The summed E-state index contributed by atoms with van der Waals surface area (Å²) in [6.07, 6.45) is 28.5. The van der Waals surface area contributed by atoms with E-state index in [0.29, 0.717) is 24.5 Å². The molecule has 5 aromatic rings. The molecule has 0 radical (unpaired) electrons. The topological polar surface area (TPSA) is 169 Å². The second kappa shape index (κ2) is 29.2. The van der Waals surface area contributed by atoms with Gasteiger partial charge in [0.15, 0.2) is 11.3 Å². The minimum absolute atomic E-state index is 0.116. The molecular formula is C71H80N4O7S2. The lowest BCUT2D eigenvalue weighted by Gasteiger charge is -2.34. The van der Waals surface area contributed by atoms with Crippen molar-refractivity contribution in [2.24, 2.45) is 0 Å². The van der Waals surface area contributed by atoms with Crippen LogP contribution >= 0.6 is 22.7 Å². The van der Waals surface area contributed by atoms with Crippen molar-refractivity contribution in [3.8, 4) is 39.5 Å². The number of hydrogen-bond donors (Lipinski definition) is 2. The number of nitriles is 3. The van der Waals surface area contributed by atoms with Crippen molar-refractivity contribution in [3.05, 3.63) is 175 Å². The first-order chi connectivity index (χ1) is 40.6. The van der Waals surface area contributed by atoms with E-state index >= 15 is 0 Å². The maximum absolute atomic E-state index is 13.2. The number of hydrogen-bond acceptors (Lipinski definition) is 13. The molecule has 0 atom stereocenters.